The van der Waals surface area contributed by atoms with Crippen molar-refractivity contribution < 1.29 is 0 Å². The van der Waals surface area contributed by atoms with Crippen LogP contribution in [0.2, 0.25) is 0 Å². The van der Waals surface area contributed by atoms with E-state index in [0.29, 0.717) is 10.2 Å². The lowest BCUT2D eigenvalue weighted by Crippen LogP contribution is -2.20. The minimum absolute atomic E-state index is 0.367. The van der Waals surface area contributed by atoms with Crippen LogP contribution in [0.4, 0.5) is 0 Å². The molecule has 0 aliphatic rings. The second-order valence-corrected chi connectivity index (χ2v) is 6.76. The molecule has 1 rings (SSSR count). The van der Waals surface area contributed by atoms with Gasteiger partial charge in [0.05, 0.1) is 0 Å². The molecule has 0 N–H and O–H groups in total. The van der Waals surface area contributed by atoms with Gasteiger partial charge in [-0.15, -0.1) is 0 Å². The van der Waals surface area contributed by atoms with E-state index in [1.165, 1.54) is 30.4 Å². The van der Waals surface area contributed by atoms with Crippen LogP contribution in [-0.4, -0.2) is 4.83 Å². The monoisotopic (exact) mass is 282 g/mol. The summed E-state index contributed by atoms with van der Waals surface area (Å²) < 4.78 is 0. The maximum absolute atomic E-state index is 3.79. The second kappa shape index (κ2) is 5.86. The molecule has 1 unspecified atom stereocenters. The zero-order valence-corrected chi connectivity index (χ0v) is 12.5. The van der Waals surface area contributed by atoms with Crippen molar-refractivity contribution in [2.24, 2.45) is 5.41 Å². The van der Waals surface area contributed by atoms with Crippen LogP contribution in [0.25, 0.3) is 0 Å². The van der Waals surface area contributed by atoms with Crippen molar-refractivity contribution in [1.82, 2.24) is 0 Å². The Balaban J connectivity index is 2.40. The first-order valence-electron chi connectivity index (χ1n) is 6.10. The fraction of sp³-hybridized carbons (Fsp3) is 0.600. The summed E-state index contributed by atoms with van der Waals surface area (Å²) in [6.45, 7) is 9.07. The van der Waals surface area contributed by atoms with Crippen molar-refractivity contribution in [3.8, 4) is 0 Å². The van der Waals surface area contributed by atoms with Crippen molar-refractivity contribution in [3.63, 3.8) is 0 Å². The number of aryl methyl sites for hydroxylation is 2. The lowest BCUT2D eigenvalue weighted by molar-refractivity contribution is 0.380. The molecule has 0 heterocycles. The first-order valence-corrected chi connectivity index (χ1v) is 7.01. The number of hydrogen-bond donors (Lipinski definition) is 0. The van der Waals surface area contributed by atoms with Gasteiger partial charge >= 0.3 is 0 Å². The van der Waals surface area contributed by atoms with Gasteiger partial charge in [0, 0.05) is 4.83 Å². The topological polar surface area (TPSA) is 0 Å². The first-order chi connectivity index (χ1) is 7.41. The molecule has 1 heteroatoms. The van der Waals surface area contributed by atoms with Crippen molar-refractivity contribution in [2.75, 3.05) is 0 Å². The van der Waals surface area contributed by atoms with Crippen LogP contribution in [0.1, 0.15) is 44.7 Å². The third-order valence-electron chi connectivity index (χ3n) is 3.10. The van der Waals surface area contributed by atoms with Gasteiger partial charge in [-0.3, -0.25) is 0 Å². The predicted molar refractivity (Wildman–Crippen MR) is 76.3 cm³/mol. The van der Waals surface area contributed by atoms with Crippen molar-refractivity contribution >= 4 is 15.9 Å². The van der Waals surface area contributed by atoms with E-state index < -0.39 is 0 Å². The highest BCUT2D eigenvalue weighted by atomic mass is 79.9. The summed E-state index contributed by atoms with van der Waals surface area (Å²) in [5.41, 5.74) is 3.28. The van der Waals surface area contributed by atoms with Gasteiger partial charge in [-0.2, -0.15) is 0 Å². The maximum Gasteiger partial charge on any atom is 0.0194 e. The smallest absolute Gasteiger partial charge is 0.0194 e. The Labute approximate surface area is 109 Å². The van der Waals surface area contributed by atoms with Gasteiger partial charge in [0.25, 0.3) is 0 Å². The van der Waals surface area contributed by atoms with Gasteiger partial charge < -0.3 is 0 Å². The van der Waals surface area contributed by atoms with Crippen LogP contribution in [0.3, 0.4) is 0 Å². The zero-order chi connectivity index (χ0) is 12.2. The number of hydrogen-bond acceptors (Lipinski definition) is 0. The molecule has 1 aromatic rings. The molecule has 1 aromatic carbocycles. The minimum atomic E-state index is 0.367. The molecule has 1 atom stereocenters. The highest BCUT2D eigenvalue weighted by Gasteiger charge is 2.20. The van der Waals surface area contributed by atoms with E-state index in [0.717, 1.165) is 0 Å². The van der Waals surface area contributed by atoms with E-state index >= 15 is 0 Å². The van der Waals surface area contributed by atoms with E-state index in [4.69, 9.17) is 0 Å². The van der Waals surface area contributed by atoms with E-state index in [1.807, 2.05) is 0 Å². The average molecular weight is 283 g/mol. The Hall–Kier alpha value is -0.300. The Bertz CT molecular complexity index is 322. The summed E-state index contributed by atoms with van der Waals surface area (Å²) in [4.78, 5) is 0.615. The molecule has 0 bridgehead atoms. The van der Waals surface area contributed by atoms with E-state index in [9.17, 15) is 0 Å². The summed E-state index contributed by atoms with van der Waals surface area (Å²) in [7, 11) is 0. The fourth-order valence-corrected chi connectivity index (χ4v) is 2.12. The Morgan fingerprint density at radius 2 is 1.81 bits per heavy atom. The van der Waals surface area contributed by atoms with Gasteiger partial charge in [-0.1, -0.05) is 61.0 Å². The highest BCUT2D eigenvalue weighted by molar-refractivity contribution is 9.09. The number of halogens is 1. The van der Waals surface area contributed by atoms with Gasteiger partial charge in [0.2, 0.25) is 0 Å². The van der Waals surface area contributed by atoms with Crippen LogP contribution in [0.5, 0.6) is 0 Å². The quantitative estimate of drug-likeness (QED) is 0.672. The molecular formula is C15H23Br. The van der Waals surface area contributed by atoms with Gasteiger partial charge in [-0.05, 0) is 42.7 Å². The molecule has 0 aliphatic heterocycles. The zero-order valence-electron chi connectivity index (χ0n) is 10.9. The molecule has 0 saturated carbocycles. The maximum atomic E-state index is 3.79. The number of rotatable bonds is 4. The van der Waals surface area contributed by atoms with E-state index in [1.54, 1.807) is 0 Å². The number of benzene rings is 1. The molecule has 0 saturated heterocycles. The van der Waals surface area contributed by atoms with Crippen LogP contribution in [0.15, 0.2) is 24.3 Å². The highest BCUT2D eigenvalue weighted by Crippen LogP contribution is 2.30. The van der Waals surface area contributed by atoms with Crippen LogP contribution < -0.4 is 0 Å². The molecule has 0 spiro atoms. The summed E-state index contributed by atoms with van der Waals surface area (Å²) in [5, 5.41) is 0. The molecule has 0 nitrogen and oxygen atoms in total. The molecule has 0 amide bonds. The molecule has 16 heavy (non-hydrogen) atoms. The molecular weight excluding hydrogens is 260 g/mol. The first kappa shape index (κ1) is 13.8. The minimum Gasteiger partial charge on any atom is -0.0885 e. The Morgan fingerprint density at radius 1 is 1.19 bits per heavy atom. The van der Waals surface area contributed by atoms with E-state index in [2.05, 4.69) is 67.9 Å². The lowest BCUT2D eigenvalue weighted by atomic mass is 9.88. The second-order valence-electron chi connectivity index (χ2n) is 5.65. The molecule has 0 radical (unpaired) electrons. The van der Waals surface area contributed by atoms with Crippen LogP contribution in [-0.2, 0) is 6.42 Å². The summed E-state index contributed by atoms with van der Waals surface area (Å²) in [6.07, 6.45) is 3.71. The molecule has 0 aromatic heterocycles. The van der Waals surface area contributed by atoms with Gasteiger partial charge in [-0.25, -0.2) is 0 Å². The summed E-state index contributed by atoms with van der Waals surface area (Å²) >= 11 is 3.79. The molecule has 90 valence electrons. The summed E-state index contributed by atoms with van der Waals surface area (Å²) in [6, 6.07) is 8.69. The SMILES string of the molecule is Cc1ccccc1CCCC(Br)C(C)(C)C. The van der Waals surface area contributed by atoms with E-state index in [-0.39, 0.29) is 0 Å². The van der Waals surface area contributed by atoms with Crippen molar-refractivity contribution in [1.29, 1.82) is 0 Å². The standard InChI is InChI=1S/C15H23Br/c1-12-8-5-6-9-13(12)10-7-11-14(16)15(2,3)4/h5-6,8-9,14H,7,10-11H2,1-4H3. The molecule has 0 fully saturated rings. The van der Waals surface area contributed by atoms with Gasteiger partial charge in [0.1, 0.15) is 0 Å². The normalized spacial score (nSPS) is 13.8. The average Bonchev–Trinajstić information content (AvgIpc) is 2.19. The largest absolute Gasteiger partial charge is 0.0885 e. The predicted octanol–water partition coefficient (Wildman–Crippen LogP) is 5.13. The van der Waals surface area contributed by atoms with Crippen molar-refractivity contribution in [2.45, 2.75) is 51.8 Å². The van der Waals surface area contributed by atoms with Gasteiger partial charge in [0.15, 0.2) is 0 Å². The summed E-state index contributed by atoms with van der Waals surface area (Å²) in [5.74, 6) is 0. The fourth-order valence-electron chi connectivity index (χ4n) is 1.80. The third-order valence-corrected chi connectivity index (χ3v) is 4.94. The Kier molecular flexibility index (Phi) is 5.04. The number of alkyl halides is 1. The lowest BCUT2D eigenvalue weighted by Gasteiger charge is -2.25. The van der Waals surface area contributed by atoms with Crippen LogP contribution >= 0.6 is 15.9 Å². The molecule has 0 aliphatic carbocycles. The van der Waals surface area contributed by atoms with Crippen molar-refractivity contribution in [3.05, 3.63) is 35.4 Å². The Morgan fingerprint density at radius 3 is 2.38 bits per heavy atom. The van der Waals surface area contributed by atoms with Crippen LogP contribution in [0, 0.1) is 12.3 Å². The third kappa shape index (κ3) is 4.29.